The summed E-state index contributed by atoms with van der Waals surface area (Å²) in [6.45, 7) is 4.47. The minimum atomic E-state index is -0.184. The van der Waals surface area contributed by atoms with E-state index in [4.69, 9.17) is 4.74 Å². The van der Waals surface area contributed by atoms with Crippen molar-refractivity contribution in [3.63, 3.8) is 0 Å². The molecular formula is C21H25N5O3. The quantitative estimate of drug-likeness (QED) is 0.689. The maximum atomic E-state index is 12.6. The molecule has 0 spiro atoms. The number of nitrogens with zero attached hydrogens (tertiary/aromatic N) is 3. The van der Waals surface area contributed by atoms with Gasteiger partial charge in [0.2, 0.25) is 11.9 Å². The number of benzene rings is 1. The molecule has 1 aliphatic rings. The van der Waals surface area contributed by atoms with Crippen LogP contribution in [-0.2, 0) is 23.0 Å². The highest BCUT2D eigenvalue weighted by atomic mass is 16.5. The second-order valence-corrected chi connectivity index (χ2v) is 7.27. The number of hydrogen-bond donors (Lipinski definition) is 2. The first-order valence-corrected chi connectivity index (χ1v) is 9.79. The van der Waals surface area contributed by atoms with Gasteiger partial charge in [0.25, 0.3) is 5.56 Å². The molecule has 0 aliphatic carbocycles. The Morgan fingerprint density at radius 3 is 2.83 bits per heavy atom. The van der Waals surface area contributed by atoms with E-state index < -0.39 is 0 Å². The van der Waals surface area contributed by atoms with Gasteiger partial charge in [-0.25, -0.2) is 4.98 Å². The highest BCUT2D eigenvalue weighted by Gasteiger charge is 2.17. The highest BCUT2D eigenvalue weighted by Crippen LogP contribution is 2.24. The van der Waals surface area contributed by atoms with Crippen LogP contribution in [0.15, 0.2) is 35.3 Å². The molecule has 3 heterocycles. The number of hydrogen-bond acceptors (Lipinski definition) is 5. The lowest BCUT2D eigenvalue weighted by atomic mass is 10.1. The molecule has 1 fully saturated rings. The first-order valence-electron chi connectivity index (χ1n) is 9.79. The van der Waals surface area contributed by atoms with Crippen molar-refractivity contribution in [1.82, 2.24) is 14.5 Å². The van der Waals surface area contributed by atoms with Gasteiger partial charge in [-0.2, -0.15) is 0 Å². The summed E-state index contributed by atoms with van der Waals surface area (Å²) in [6, 6.07) is 7.82. The molecule has 0 bridgehead atoms. The van der Waals surface area contributed by atoms with Gasteiger partial charge in [0.15, 0.2) is 0 Å². The smallest absolute Gasteiger partial charge is 0.255 e. The number of aryl methyl sites for hydroxylation is 2. The summed E-state index contributed by atoms with van der Waals surface area (Å²) in [5.41, 5.74) is 2.77. The fraction of sp³-hybridized carbons (Fsp3) is 0.381. The summed E-state index contributed by atoms with van der Waals surface area (Å²) < 4.78 is 7.32. The molecule has 1 amide bonds. The first kappa shape index (κ1) is 19.2. The number of aromatic nitrogens is 3. The van der Waals surface area contributed by atoms with Crippen molar-refractivity contribution in [2.24, 2.45) is 7.05 Å². The predicted molar refractivity (Wildman–Crippen MR) is 112 cm³/mol. The van der Waals surface area contributed by atoms with Gasteiger partial charge in [-0.1, -0.05) is 12.1 Å². The van der Waals surface area contributed by atoms with Crippen LogP contribution in [0.2, 0.25) is 0 Å². The van der Waals surface area contributed by atoms with Crippen molar-refractivity contribution in [2.45, 2.75) is 19.8 Å². The lowest BCUT2D eigenvalue weighted by Gasteiger charge is -2.27. The van der Waals surface area contributed by atoms with Crippen molar-refractivity contribution in [3.8, 4) is 0 Å². The topological polar surface area (TPSA) is 92.2 Å². The number of para-hydroxylation sites is 1. The second-order valence-electron chi connectivity index (χ2n) is 7.27. The molecule has 0 atom stereocenters. The molecule has 3 aromatic rings. The third kappa shape index (κ3) is 4.02. The van der Waals surface area contributed by atoms with E-state index in [2.05, 4.69) is 15.3 Å². The Morgan fingerprint density at radius 1 is 1.28 bits per heavy atom. The zero-order chi connectivity index (χ0) is 20.4. The second kappa shape index (κ2) is 8.08. The minimum absolute atomic E-state index is 0.130. The summed E-state index contributed by atoms with van der Waals surface area (Å²) in [6.07, 6.45) is 2.51. The van der Waals surface area contributed by atoms with Gasteiger partial charge in [0.05, 0.1) is 24.4 Å². The number of ether oxygens (including phenoxy) is 1. The van der Waals surface area contributed by atoms with Crippen LogP contribution in [0.5, 0.6) is 0 Å². The Hall–Kier alpha value is -3.13. The Labute approximate surface area is 168 Å². The maximum absolute atomic E-state index is 12.6. The van der Waals surface area contributed by atoms with E-state index in [1.54, 1.807) is 0 Å². The van der Waals surface area contributed by atoms with E-state index in [0.717, 1.165) is 16.6 Å². The van der Waals surface area contributed by atoms with Crippen molar-refractivity contribution < 1.29 is 9.53 Å². The molecule has 2 N–H and O–H groups in total. The average molecular weight is 395 g/mol. The number of carbonyl (C=O) groups excluding carboxylic acids is 1. The molecule has 0 unspecified atom stereocenters. The van der Waals surface area contributed by atoms with Gasteiger partial charge in [0, 0.05) is 49.4 Å². The number of fused-ring (bicyclic) bond motifs is 1. The van der Waals surface area contributed by atoms with E-state index >= 15 is 0 Å². The first-order chi connectivity index (χ1) is 14.0. The number of morpholine rings is 1. The molecule has 1 aliphatic heterocycles. The molecule has 4 rings (SSSR count). The fourth-order valence-electron chi connectivity index (χ4n) is 3.72. The van der Waals surface area contributed by atoms with Crippen LogP contribution in [0.4, 0.5) is 11.6 Å². The SMILES string of the molecule is Cc1nc(N2CCOCC2)[nH]c(=O)c1CCC(=O)Nc1cccc2ccn(C)c12. The van der Waals surface area contributed by atoms with Crippen molar-refractivity contribution in [3.05, 3.63) is 52.1 Å². The number of amides is 1. The highest BCUT2D eigenvalue weighted by molar-refractivity contribution is 6.00. The van der Waals surface area contributed by atoms with Crippen molar-refractivity contribution in [1.29, 1.82) is 0 Å². The summed E-state index contributed by atoms with van der Waals surface area (Å²) >= 11 is 0. The molecule has 2 aromatic heterocycles. The Balaban J connectivity index is 1.45. The van der Waals surface area contributed by atoms with E-state index in [-0.39, 0.29) is 17.9 Å². The number of aromatic amines is 1. The Kier molecular flexibility index (Phi) is 5.35. The number of anilines is 2. The number of H-pyrrole nitrogens is 1. The van der Waals surface area contributed by atoms with E-state index in [1.165, 1.54) is 0 Å². The van der Waals surface area contributed by atoms with Crippen LogP contribution in [0.1, 0.15) is 17.7 Å². The molecule has 1 saturated heterocycles. The van der Waals surface area contributed by atoms with E-state index in [0.29, 0.717) is 49.9 Å². The number of nitrogens with one attached hydrogen (secondary N) is 2. The zero-order valence-corrected chi connectivity index (χ0v) is 16.7. The Bertz CT molecular complexity index is 1100. The van der Waals surface area contributed by atoms with Gasteiger partial charge in [0.1, 0.15) is 0 Å². The van der Waals surface area contributed by atoms with Crippen LogP contribution in [0.3, 0.4) is 0 Å². The molecular weight excluding hydrogens is 370 g/mol. The summed E-state index contributed by atoms with van der Waals surface area (Å²) in [5, 5.41) is 4.04. The molecule has 0 saturated carbocycles. The van der Waals surface area contributed by atoms with Crippen LogP contribution >= 0.6 is 0 Å². The molecule has 1 aromatic carbocycles. The lowest BCUT2D eigenvalue weighted by Crippen LogP contribution is -2.38. The van der Waals surface area contributed by atoms with Gasteiger partial charge >= 0.3 is 0 Å². The third-order valence-corrected chi connectivity index (χ3v) is 5.29. The zero-order valence-electron chi connectivity index (χ0n) is 16.7. The standard InChI is InChI=1S/C21H25N5O3/c1-14-16(20(28)24-21(22-14)26-10-12-29-13-11-26)6-7-18(27)23-17-5-3-4-15-8-9-25(2)19(15)17/h3-5,8-9H,6-7,10-13H2,1-2H3,(H,23,27)(H,22,24,28). The molecule has 0 radical (unpaired) electrons. The normalized spacial score (nSPS) is 14.3. The lowest BCUT2D eigenvalue weighted by molar-refractivity contribution is -0.116. The van der Waals surface area contributed by atoms with Crippen LogP contribution in [0, 0.1) is 6.92 Å². The summed E-state index contributed by atoms with van der Waals surface area (Å²) in [7, 11) is 1.95. The largest absolute Gasteiger partial charge is 0.378 e. The molecule has 152 valence electrons. The number of carbonyl (C=O) groups is 1. The van der Waals surface area contributed by atoms with E-state index in [9.17, 15) is 9.59 Å². The van der Waals surface area contributed by atoms with Gasteiger partial charge in [-0.05, 0) is 25.5 Å². The van der Waals surface area contributed by atoms with Gasteiger partial charge in [-0.15, -0.1) is 0 Å². The van der Waals surface area contributed by atoms with E-state index in [1.807, 2.05) is 53.9 Å². The van der Waals surface area contributed by atoms with Gasteiger partial charge in [-0.3, -0.25) is 14.6 Å². The van der Waals surface area contributed by atoms with Gasteiger partial charge < -0.3 is 19.5 Å². The van der Waals surface area contributed by atoms with Crippen molar-refractivity contribution in [2.75, 3.05) is 36.5 Å². The summed E-state index contributed by atoms with van der Waals surface area (Å²) in [5.74, 6) is 0.439. The van der Waals surface area contributed by atoms with Crippen LogP contribution in [0.25, 0.3) is 10.9 Å². The average Bonchev–Trinajstić information content (AvgIpc) is 3.10. The monoisotopic (exact) mass is 395 g/mol. The Morgan fingerprint density at radius 2 is 2.07 bits per heavy atom. The molecule has 29 heavy (non-hydrogen) atoms. The number of rotatable bonds is 5. The minimum Gasteiger partial charge on any atom is -0.378 e. The maximum Gasteiger partial charge on any atom is 0.255 e. The molecule has 8 heteroatoms. The van der Waals surface area contributed by atoms with Crippen LogP contribution < -0.4 is 15.8 Å². The molecule has 8 nitrogen and oxygen atoms in total. The fourth-order valence-corrected chi connectivity index (χ4v) is 3.72. The summed E-state index contributed by atoms with van der Waals surface area (Å²) in [4.78, 5) is 34.5. The van der Waals surface area contributed by atoms with Crippen molar-refractivity contribution >= 4 is 28.4 Å². The third-order valence-electron chi connectivity index (χ3n) is 5.29. The predicted octanol–water partition coefficient (Wildman–Crippen LogP) is 1.98. The van der Waals surface area contributed by atoms with Crippen LogP contribution in [-0.4, -0.2) is 46.7 Å².